The molecule has 0 aromatic heterocycles. The zero-order valence-electron chi connectivity index (χ0n) is 50.0. The predicted molar refractivity (Wildman–Crippen MR) is 312 cm³/mol. The summed E-state index contributed by atoms with van der Waals surface area (Å²) in [4.78, 5) is 84.9. The Kier molecular flexibility index (Phi) is 39.9. The second-order valence-corrected chi connectivity index (χ2v) is 26.1. The lowest BCUT2D eigenvalue weighted by molar-refractivity contribution is -0.151. The molecule has 3 aliphatic heterocycles. The number of aliphatic hydroxyl groups excluding tert-OH is 3. The summed E-state index contributed by atoms with van der Waals surface area (Å²) in [6.45, 7) is 38.8. The molecule has 0 saturated carbocycles. The van der Waals surface area contributed by atoms with Crippen molar-refractivity contribution in [2.75, 3.05) is 51.2 Å². The third-order valence-corrected chi connectivity index (χ3v) is 11.2. The standard InChI is InChI=1S/C15H23NO5.C13H25NO4.C12H19NO5.C12H22O2.C3H5Br.CH3ClO2S/c1-6-8-10-9-11(13(18)20-7-2)16(12(10)17)14(19)21-15(3,4)5;1-5-6-10(8-15)7-11(9-16)14-12(17)18-13(2,3)4;1-5-17-10(15)8-6-7-9(14)13(8)11(16)18-12(2,3)4;1-4-5-10(8-13)6-11-7-12(2,3)14-9-11;1-2-3-4;1-5(2,3)4/h6,10-11H,1,7-9H2,2-5H3;5,10-11,15-16H,1,6-9H2,2-4H3,(H,14,17);8H,5-7H2,1-4H3;4,10-11,13H,1,5-9H2,2-3H3;2H,1,3H2;1H3/t2*10-,11+;8-;10-,11-;;/m1101../s1. The maximum atomic E-state index is 12.3. The first-order valence-corrected chi connectivity index (χ1v) is 30.4. The molecule has 4 N–H and O–H groups in total. The number of nitrogens with zero attached hydrogens (tertiary/aromatic N) is 2. The summed E-state index contributed by atoms with van der Waals surface area (Å²) in [6.07, 6.45) is 11.1. The van der Waals surface area contributed by atoms with Gasteiger partial charge in [0.25, 0.3) is 0 Å². The first-order chi connectivity index (χ1) is 36.8. The summed E-state index contributed by atoms with van der Waals surface area (Å²) in [5.41, 5.74) is -1.98. The summed E-state index contributed by atoms with van der Waals surface area (Å²) >= 11 is 3.13. The van der Waals surface area contributed by atoms with Gasteiger partial charge in [-0.2, -0.15) is 0 Å². The van der Waals surface area contributed by atoms with Crippen molar-refractivity contribution in [2.24, 2.45) is 23.7 Å². The van der Waals surface area contributed by atoms with Gasteiger partial charge in [0.15, 0.2) is 0 Å². The van der Waals surface area contributed by atoms with E-state index in [4.69, 9.17) is 38.6 Å². The molecule has 0 radical (unpaired) electrons. The number of nitrogens with one attached hydrogen (secondary N) is 1. The Bertz CT molecular complexity index is 2050. The second kappa shape index (κ2) is 39.9. The highest BCUT2D eigenvalue weighted by Gasteiger charge is 2.48. The van der Waals surface area contributed by atoms with Gasteiger partial charge < -0.3 is 49.1 Å². The smallest absolute Gasteiger partial charge is 0.417 e. The Hall–Kier alpha value is -4.39. The van der Waals surface area contributed by atoms with E-state index in [2.05, 4.69) is 72.1 Å². The number of hydrogen-bond donors (Lipinski definition) is 4. The minimum atomic E-state index is -3.19. The molecule has 7 atom stereocenters. The van der Waals surface area contributed by atoms with Crippen LogP contribution < -0.4 is 5.32 Å². The lowest BCUT2D eigenvalue weighted by Gasteiger charge is -2.26. The number of halogens is 2. The molecule has 3 saturated heterocycles. The molecule has 0 aromatic carbocycles. The number of amides is 5. The lowest BCUT2D eigenvalue weighted by Crippen LogP contribution is -2.46. The molecule has 24 heteroatoms. The normalized spacial score (nSPS) is 19.4. The highest BCUT2D eigenvalue weighted by molar-refractivity contribution is 9.09. The van der Waals surface area contributed by atoms with Gasteiger partial charge in [-0.1, -0.05) is 40.2 Å². The van der Waals surface area contributed by atoms with E-state index in [1.165, 1.54) is 0 Å². The van der Waals surface area contributed by atoms with E-state index in [0.29, 0.717) is 31.1 Å². The van der Waals surface area contributed by atoms with Gasteiger partial charge in [0.2, 0.25) is 20.9 Å². The minimum absolute atomic E-state index is 0.00147. The summed E-state index contributed by atoms with van der Waals surface area (Å²) in [7, 11) is 1.31. The summed E-state index contributed by atoms with van der Waals surface area (Å²) in [5.74, 6) is -1.43. The van der Waals surface area contributed by atoms with Crippen molar-refractivity contribution in [3.8, 4) is 0 Å². The van der Waals surface area contributed by atoms with Crippen molar-refractivity contribution in [3.05, 3.63) is 50.6 Å². The summed E-state index contributed by atoms with van der Waals surface area (Å²) in [6, 6.07) is -2.19. The molecule has 80 heavy (non-hydrogen) atoms. The molecule has 21 nitrogen and oxygen atoms in total. The van der Waals surface area contributed by atoms with Crippen LogP contribution in [0.4, 0.5) is 14.4 Å². The van der Waals surface area contributed by atoms with Gasteiger partial charge in [0.05, 0.1) is 44.3 Å². The molecule has 0 bridgehead atoms. The number of imide groups is 2. The van der Waals surface area contributed by atoms with Crippen molar-refractivity contribution in [1.29, 1.82) is 0 Å². The highest BCUT2D eigenvalue weighted by atomic mass is 79.9. The minimum Gasteiger partial charge on any atom is -0.464 e. The van der Waals surface area contributed by atoms with E-state index in [-0.39, 0.29) is 63.8 Å². The number of allylic oxidation sites excluding steroid dienone is 4. The number of likely N-dealkylation sites (tertiary alicyclic amines) is 2. The van der Waals surface area contributed by atoms with E-state index in [1.807, 2.05) is 6.08 Å². The largest absolute Gasteiger partial charge is 0.464 e. The van der Waals surface area contributed by atoms with E-state index in [1.54, 1.807) is 94.4 Å². The third-order valence-electron chi connectivity index (χ3n) is 10.7. The number of esters is 2. The quantitative estimate of drug-likeness (QED) is 0.0308. The van der Waals surface area contributed by atoms with Gasteiger partial charge >= 0.3 is 30.2 Å². The number of hydrogen-bond acceptors (Lipinski definition) is 18. The van der Waals surface area contributed by atoms with E-state index >= 15 is 0 Å². The van der Waals surface area contributed by atoms with Crippen LogP contribution in [-0.4, -0.2) is 167 Å². The molecule has 3 heterocycles. The third kappa shape index (κ3) is 38.3. The number of ether oxygens (including phenoxy) is 6. The van der Waals surface area contributed by atoms with Crippen LogP contribution in [0.15, 0.2) is 50.6 Å². The van der Waals surface area contributed by atoms with Crippen LogP contribution in [0.25, 0.3) is 0 Å². The zero-order valence-corrected chi connectivity index (χ0v) is 53.2. The van der Waals surface area contributed by atoms with Gasteiger partial charge in [0, 0.05) is 41.6 Å². The second-order valence-electron chi connectivity index (χ2n) is 22.4. The van der Waals surface area contributed by atoms with Crippen molar-refractivity contribution in [2.45, 2.75) is 188 Å². The van der Waals surface area contributed by atoms with Gasteiger partial charge in [-0.3, -0.25) is 9.59 Å². The molecule has 5 amide bonds. The number of carbonyl (C=O) groups is 7. The molecule has 0 spiro atoms. The van der Waals surface area contributed by atoms with Crippen LogP contribution >= 0.6 is 26.6 Å². The van der Waals surface area contributed by atoms with Crippen molar-refractivity contribution in [3.63, 3.8) is 0 Å². The lowest BCUT2D eigenvalue weighted by atomic mass is 9.88. The van der Waals surface area contributed by atoms with Gasteiger partial charge in [-0.05, 0) is 159 Å². The van der Waals surface area contributed by atoms with Crippen molar-refractivity contribution < 1.29 is 85.7 Å². The van der Waals surface area contributed by atoms with Crippen LogP contribution in [0.2, 0.25) is 0 Å². The molecule has 3 fully saturated rings. The van der Waals surface area contributed by atoms with Gasteiger partial charge in [-0.15, -0.1) is 26.3 Å². The average Bonchev–Trinajstić information content (AvgIpc) is 3.99. The molecule has 0 unspecified atom stereocenters. The van der Waals surface area contributed by atoms with Crippen molar-refractivity contribution >= 4 is 77.7 Å². The Morgan fingerprint density at radius 1 is 0.775 bits per heavy atom. The zero-order chi connectivity index (χ0) is 62.8. The fraction of sp³-hybridized carbons (Fsp3) is 0.732. The Morgan fingerprint density at radius 2 is 1.23 bits per heavy atom. The van der Waals surface area contributed by atoms with Crippen LogP contribution in [0.3, 0.4) is 0 Å². The van der Waals surface area contributed by atoms with Gasteiger partial charge in [0.1, 0.15) is 28.9 Å². The van der Waals surface area contributed by atoms with E-state index < -0.39 is 91.9 Å². The highest BCUT2D eigenvalue weighted by Crippen LogP contribution is 2.34. The maximum Gasteiger partial charge on any atom is 0.417 e. The van der Waals surface area contributed by atoms with E-state index in [9.17, 15) is 47.1 Å². The Balaban J connectivity index is -0.000000944. The molecule has 3 rings (SSSR count). The van der Waals surface area contributed by atoms with Crippen LogP contribution in [0.1, 0.15) is 148 Å². The number of carbonyl (C=O) groups excluding carboxylic acids is 7. The number of alkyl carbamates (subject to hydrolysis) is 1. The maximum absolute atomic E-state index is 12.3. The Labute approximate surface area is 490 Å². The summed E-state index contributed by atoms with van der Waals surface area (Å²) < 4.78 is 49.7. The monoisotopic (exact) mass is 1250 g/mol. The SMILES string of the molecule is C=CCBr.C=CC[C@@H](CO)C[C@@H](CO)NC(=O)OC(C)(C)C.C=CC[C@@H](CO)C[C@H]1COC(C)(C)C1.C=CC[C@@H]1C[C@@H](C(=O)OCC)N(C(=O)OC(C)(C)C)C1=O.CCOC(=O)[C@@H]1CCC(=O)N1C(=O)OC(C)(C)C.CS(=O)(=O)Cl. The molecule has 0 aromatic rings. The van der Waals surface area contributed by atoms with Gasteiger partial charge in [-0.25, -0.2) is 42.2 Å². The molecular formula is C56H97BrClN3O18S. The number of rotatable bonds is 19. The van der Waals surface area contributed by atoms with Crippen LogP contribution in [-0.2, 0) is 56.7 Å². The van der Waals surface area contributed by atoms with Crippen LogP contribution in [0, 0.1) is 23.7 Å². The van der Waals surface area contributed by atoms with E-state index in [0.717, 1.165) is 47.3 Å². The number of aliphatic hydroxyl groups is 3. The first kappa shape index (κ1) is 79.8. The first-order valence-electron chi connectivity index (χ1n) is 26.6. The molecule has 0 aliphatic carbocycles. The van der Waals surface area contributed by atoms with Crippen LogP contribution in [0.5, 0.6) is 0 Å². The fourth-order valence-corrected chi connectivity index (χ4v) is 7.68. The summed E-state index contributed by atoms with van der Waals surface area (Å²) in [5, 5.41) is 31.0. The molecule has 3 aliphatic rings. The average molecular weight is 1250 g/mol. The molecule has 464 valence electrons. The fourth-order valence-electron chi connectivity index (χ4n) is 7.68. The topological polar surface area (TPSA) is 288 Å². The number of alkyl halides is 1. The molecular weight excluding hydrogens is 1150 g/mol. The van der Waals surface area contributed by atoms with Crippen molar-refractivity contribution in [1.82, 2.24) is 15.1 Å². The Morgan fingerprint density at radius 3 is 1.60 bits per heavy atom. The predicted octanol–water partition coefficient (Wildman–Crippen LogP) is 9.33.